The molecule has 1 aliphatic heterocycles. The van der Waals surface area contributed by atoms with E-state index in [0.29, 0.717) is 5.92 Å². The maximum atomic E-state index is 4.55. The Kier molecular flexibility index (Phi) is 3.15. The van der Waals surface area contributed by atoms with E-state index < -0.39 is 0 Å². The third-order valence-electron chi connectivity index (χ3n) is 3.58. The SMILES string of the molecule is CCn1ccc(-n2cncc2C2CCCNC2)n1. The highest BCUT2D eigenvalue weighted by molar-refractivity contribution is 5.25. The third kappa shape index (κ3) is 2.06. The van der Waals surface area contributed by atoms with E-state index >= 15 is 0 Å². The fraction of sp³-hybridized carbons (Fsp3) is 0.538. The average molecular weight is 245 g/mol. The van der Waals surface area contributed by atoms with Crippen molar-refractivity contribution in [1.29, 1.82) is 0 Å². The highest BCUT2D eigenvalue weighted by atomic mass is 15.3. The summed E-state index contributed by atoms with van der Waals surface area (Å²) in [6.45, 7) is 5.17. The normalized spacial score (nSPS) is 20.2. The first-order chi connectivity index (χ1) is 8.88. The van der Waals surface area contributed by atoms with Crippen LogP contribution < -0.4 is 5.32 Å². The molecule has 3 heterocycles. The Labute approximate surface area is 107 Å². The van der Waals surface area contributed by atoms with Gasteiger partial charge in [0.05, 0.1) is 0 Å². The Morgan fingerprint density at radius 2 is 2.44 bits per heavy atom. The second kappa shape index (κ2) is 4.94. The molecule has 5 nitrogen and oxygen atoms in total. The van der Waals surface area contributed by atoms with Gasteiger partial charge >= 0.3 is 0 Å². The molecule has 0 bridgehead atoms. The molecular weight excluding hydrogens is 226 g/mol. The lowest BCUT2D eigenvalue weighted by Crippen LogP contribution is -2.29. The lowest BCUT2D eigenvalue weighted by molar-refractivity contribution is 0.450. The zero-order valence-corrected chi connectivity index (χ0v) is 10.7. The maximum absolute atomic E-state index is 4.55. The van der Waals surface area contributed by atoms with Crippen molar-refractivity contribution in [1.82, 2.24) is 24.6 Å². The molecule has 0 aliphatic carbocycles. The van der Waals surface area contributed by atoms with Gasteiger partial charge in [0, 0.05) is 43.2 Å². The van der Waals surface area contributed by atoms with Gasteiger partial charge in [-0.05, 0) is 26.3 Å². The summed E-state index contributed by atoms with van der Waals surface area (Å²) in [5.41, 5.74) is 1.27. The highest BCUT2D eigenvalue weighted by Gasteiger charge is 2.19. The Balaban J connectivity index is 1.90. The molecule has 1 atom stereocenters. The third-order valence-corrected chi connectivity index (χ3v) is 3.58. The van der Waals surface area contributed by atoms with E-state index in [0.717, 1.165) is 25.5 Å². The summed E-state index contributed by atoms with van der Waals surface area (Å²) >= 11 is 0. The van der Waals surface area contributed by atoms with Crippen LogP contribution >= 0.6 is 0 Å². The standard InChI is InChI=1S/C13H19N5/c1-2-17-7-5-13(16-17)18-10-15-9-12(18)11-4-3-6-14-8-11/h5,7,9-11,14H,2-4,6,8H2,1H3. The summed E-state index contributed by atoms with van der Waals surface area (Å²) in [6, 6.07) is 2.05. The van der Waals surface area contributed by atoms with Crippen LogP contribution in [0.1, 0.15) is 31.4 Å². The van der Waals surface area contributed by atoms with Gasteiger partial charge in [0.15, 0.2) is 5.82 Å². The molecule has 0 amide bonds. The van der Waals surface area contributed by atoms with Crippen molar-refractivity contribution < 1.29 is 0 Å². The molecule has 0 spiro atoms. The van der Waals surface area contributed by atoms with E-state index in [1.165, 1.54) is 18.5 Å². The summed E-state index contributed by atoms with van der Waals surface area (Å²) in [6.07, 6.45) is 8.32. The van der Waals surface area contributed by atoms with Crippen molar-refractivity contribution in [3.05, 3.63) is 30.5 Å². The van der Waals surface area contributed by atoms with Crippen molar-refractivity contribution in [2.75, 3.05) is 13.1 Å². The maximum Gasteiger partial charge on any atom is 0.160 e. The Hall–Kier alpha value is -1.62. The number of aromatic nitrogens is 4. The molecular formula is C13H19N5. The molecule has 2 aromatic heterocycles. The van der Waals surface area contributed by atoms with Gasteiger partial charge < -0.3 is 5.32 Å². The second-order valence-electron chi connectivity index (χ2n) is 4.76. The molecule has 0 aromatic carbocycles. The van der Waals surface area contributed by atoms with Crippen LogP contribution in [0.5, 0.6) is 0 Å². The van der Waals surface area contributed by atoms with E-state index in [1.807, 2.05) is 29.5 Å². The second-order valence-corrected chi connectivity index (χ2v) is 4.76. The summed E-state index contributed by atoms with van der Waals surface area (Å²) in [5, 5.41) is 8.00. The van der Waals surface area contributed by atoms with Gasteiger partial charge in [0.25, 0.3) is 0 Å². The molecule has 96 valence electrons. The lowest BCUT2D eigenvalue weighted by Gasteiger charge is -2.23. The molecule has 1 aliphatic rings. The van der Waals surface area contributed by atoms with Crippen LogP contribution in [0.4, 0.5) is 0 Å². The average Bonchev–Trinajstić information content (AvgIpc) is 3.08. The van der Waals surface area contributed by atoms with Crippen molar-refractivity contribution in [3.8, 4) is 5.82 Å². The minimum Gasteiger partial charge on any atom is -0.316 e. The predicted molar refractivity (Wildman–Crippen MR) is 69.9 cm³/mol. The highest BCUT2D eigenvalue weighted by Crippen LogP contribution is 2.24. The fourth-order valence-corrected chi connectivity index (χ4v) is 2.56. The number of nitrogens with one attached hydrogen (secondary N) is 1. The summed E-state index contributed by atoms with van der Waals surface area (Å²) in [4.78, 5) is 4.29. The van der Waals surface area contributed by atoms with Gasteiger partial charge in [-0.15, -0.1) is 0 Å². The van der Waals surface area contributed by atoms with Crippen molar-refractivity contribution >= 4 is 0 Å². The molecule has 1 fully saturated rings. The van der Waals surface area contributed by atoms with Gasteiger partial charge in [-0.3, -0.25) is 9.25 Å². The minimum absolute atomic E-state index is 0.549. The Bertz CT molecular complexity index is 507. The molecule has 0 saturated carbocycles. The van der Waals surface area contributed by atoms with E-state index in [2.05, 4.69) is 26.9 Å². The molecule has 0 radical (unpaired) electrons. The fourth-order valence-electron chi connectivity index (χ4n) is 2.56. The number of nitrogens with zero attached hydrogens (tertiary/aromatic N) is 4. The zero-order chi connectivity index (χ0) is 12.4. The van der Waals surface area contributed by atoms with Crippen molar-refractivity contribution in [2.45, 2.75) is 32.2 Å². The first-order valence-electron chi connectivity index (χ1n) is 6.65. The summed E-state index contributed by atoms with van der Waals surface area (Å²) in [5.74, 6) is 1.52. The molecule has 1 unspecified atom stereocenters. The first kappa shape index (κ1) is 11.5. The van der Waals surface area contributed by atoms with Gasteiger partial charge in [-0.25, -0.2) is 4.98 Å². The molecule has 1 N–H and O–H groups in total. The lowest BCUT2D eigenvalue weighted by atomic mass is 9.96. The van der Waals surface area contributed by atoms with Gasteiger partial charge in [0.2, 0.25) is 0 Å². The number of aryl methyl sites for hydroxylation is 1. The van der Waals surface area contributed by atoms with E-state index in [-0.39, 0.29) is 0 Å². The van der Waals surface area contributed by atoms with E-state index in [1.54, 1.807) is 0 Å². The van der Waals surface area contributed by atoms with E-state index in [9.17, 15) is 0 Å². The number of hydrogen-bond acceptors (Lipinski definition) is 3. The number of piperidine rings is 1. The van der Waals surface area contributed by atoms with Crippen LogP contribution in [0.3, 0.4) is 0 Å². The molecule has 18 heavy (non-hydrogen) atoms. The zero-order valence-electron chi connectivity index (χ0n) is 10.7. The quantitative estimate of drug-likeness (QED) is 0.892. The number of hydrogen-bond donors (Lipinski definition) is 1. The van der Waals surface area contributed by atoms with Gasteiger partial charge in [-0.1, -0.05) is 0 Å². The van der Waals surface area contributed by atoms with Gasteiger partial charge in [-0.2, -0.15) is 5.10 Å². The van der Waals surface area contributed by atoms with Crippen LogP contribution in [0.15, 0.2) is 24.8 Å². The topological polar surface area (TPSA) is 47.7 Å². The largest absolute Gasteiger partial charge is 0.316 e. The van der Waals surface area contributed by atoms with Gasteiger partial charge in [0.1, 0.15) is 6.33 Å². The number of imidazole rings is 1. The van der Waals surface area contributed by atoms with E-state index in [4.69, 9.17) is 0 Å². The van der Waals surface area contributed by atoms with Crippen molar-refractivity contribution in [2.24, 2.45) is 0 Å². The van der Waals surface area contributed by atoms with Crippen molar-refractivity contribution in [3.63, 3.8) is 0 Å². The van der Waals surface area contributed by atoms with Crippen LogP contribution in [0.2, 0.25) is 0 Å². The molecule has 2 aromatic rings. The Morgan fingerprint density at radius 1 is 1.50 bits per heavy atom. The molecule has 1 saturated heterocycles. The first-order valence-corrected chi connectivity index (χ1v) is 6.65. The van der Waals surface area contributed by atoms with Crippen LogP contribution in [0, 0.1) is 0 Å². The smallest absolute Gasteiger partial charge is 0.160 e. The van der Waals surface area contributed by atoms with Crippen LogP contribution in [-0.4, -0.2) is 32.4 Å². The summed E-state index contributed by atoms with van der Waals surface area (Å²) in [7, 11) is 0. The summed E-state index contributed by atoms with van der Waals surface area (Å²) < 4.78 is 4.06. The molecule has 5 heteroatoms. The number of rotatable bonds is 3. The van der Waals surface area contributed by atoms with Crippen LogP contribution in [-0.2, 0) is 6.54 Å². The predicted octanol–water partition coefficient (Wildman–Crippen LogP) is 1.56. The van der Waals surface area contributed by atoms with Crippen LogP contribution in [0.25, 0.3) is 5.82 Å². The Morgan fingerprint density at radius 3 is 3.17 bits per heavy atom. The molecule has 3 rings (SSSR count). The monoisotopic (exact) mass is 245 g/mol. The minimum atomic E-state index is 0.549.